The zero-order chi connectivity index (χ0) is 12.3. The Kier molecular flexibility index (Phi) is 7.15. The number of hydrogen-bond donors (Lipinski definition) is 0. The second-order valence-corrected chi connectivity index (χ2v) is 3.91. The lowest BCUT2D eigenvalue weighted by Crippen LogP contribution is -2.02. The fraction of sp³-hybridized carbons (Fsp3) is 0.467. The molecule has 0 aliphatic carbocycles. The standard InChI is InChI=1S/C15H22O2/c1-3-11-16-12-7-8-13-17-15-10-6-5-9-14(15)4-2/h4-6,9-10H,2-3,7-8,11-13H2,1H3. The lowest BCUT2D eigenvalue weighted by Gasteiger charge is -2.08. The van der Waals surface area contributed by atoms with Gasteiger partial charge in [-0.15, -0.1) is 0 Å². The van der Waals surface area contributed by atoms with Crippen LogP contribution >= 0.6 is 0 Å². The van der Waals surface area contributed by atoms with Crippen LogP contribution in [-0.2, 0) is 4.74 Å². The van der Waals surface area contributed by atoms with Crippen molar-refractivity contribution >= 4 is 6.08 Å². The summed E-state index contributed by atoms with van der Waals surface area (Å²) in [5.74, 6) is 0.914. The first-order valence-electron chi connectivity index (χ1n) is 6.30. The van der Waals surface area contributed by atoms with Gasteiger partial charge in [0.25, 0.3) is 0 Å². The Bertz CT molecular complexity index is 320. The summed E-state index contributed by atoms with van der Waals surface area (Å²) in [6.45, 7) is 8.32. The van der Waals surface area contributed by atoms with Gasteiger partial charge < -0.3 is 9.47 Å². The first-order chi connectivity index (χ1) is 8.38. The van der Waals surface area contributed by atoms with E-state index in [1.807, 2.05) is 30.3 Å². The van der Waals surface area contributed by atoms with E-state index in [9.17, 15) is 0 Å². The van der Waals surface area contributed by atoms with Gasteiger partial charge in [-0.25, -0.2) is 0 Å². The maximum Gasteiger partial charge on any atom is 0.126 e. The summed E-state index contributed by atoms with van der Waals surface area (Å²) in [5.41, 5.74) is 1.05. The lowest BCUT2D eigenvalue weighted by molar-refractivity contribution is 0.127. The summed E-state index contributed by atoms with van der Waals surface area (Å²) < 4.78 is 11.1. The van der Waals surface area contributed by atoms with Crippen molar-refractivity contribution in [1.29, 1.82) is 0 Å². The van der Waals surface area contributed by atoms with Crippen LogP contribution in [0.5, 0.6) is 5.75 Å². The Balaban J connectivity index is 2.15. The van der Waals surface area contributed by atoms with Crippen molar-refractivity contribution in [2.24, 2.45) is 0 Å². The Hall–Kier alpha value is -1.28. The lowest BCUT2D eigenvalue weighted by atomic mass is 10.2. The molecule has 0 fully saturated rings. The molecule has 1 aromatic rings. The summed E-state index contributed by atoms with van der Waals surface area (Å²) in [4.78, 5) is 0. The molecule has 0 saturated carbocycles. The molecule has 0 spiro atoms. The normalized spacial score (nSPS) is 10.2. The third-order valence-corrected chi connectivity index (χ3v) is 2.43. The van der Waals surface area contributed by atoms with Gasteiger partial charge in [0.15, 0.2) is 0 Å². The number of para-hydroxylation sites is 1. The van der Waals surface area contributed by atoms with E-state index in [2.05, 4.69) is 13.5 Å². The van der Waals surface area contributed by atoms with Crippen molar-refractivity contribution in [3.05, 3.63) is 36.4 Å². The van der Waals surface area contributed by atoms with E-state index >= 15 is 0 Å². The Morgan fingerprint density at radius 3 is 2.65 bits per heavy atom. The van der Waals surface area contributed by atoms with E-state index in [-0.39, 0.29) is 0 Å². The van der Waals surface area contributed by atoms with Crippen molar-refractivity contribution in [3.63, 3.8) is 0 Å². The largest absolute Gasteiger partial charge is 0.493 e. The average molecular weight is 234 g/mol. The Morgan fingerprint density at radius 2 is 1.88 bits per heavy atom. The average Bonchev–Trinajstić information content (AvgIpc) is 2.38. The fourth-order valence-electron chi connectivity index (χ4n) is 1.52. The predicted molar refractivity (Wildman–Crippen MR) is 72.4 cm³/mol. The summed E-state index contributed by atoms with van der Waals surface area (Å²) in [6.07, 6.45) is 4.98. The van der Waals surface area contributed by atoms with Gasteiger partial charge >= 0.3 is 0 Å². The van der Waals surface area contributed by atoms with E-state index in [0.29, 0.717) is 0 Å². The van der Waals surface area contributed by atoms with Crippen molar-refractivity contribution < 1.29 is 9.47 Å². The summed E-state index contributed by atoms with van der Waals surface area (Å²) >= 11 is 0. The molecule has 94 valence electrons. The number of benzene rings is 1. The van der Waals surface area contributed by atoms with Gasteiger partial charge in [-0.1, -0.05) is 37.8 Å². The van der Waals surface area contributed by atoms with Crippen LogP contribution < -0.4 is 4.74 Å². The van der Waals surface area contributed by atoms with Crippen LogP contribution in [0.4, 0.5) is 0 Å². The number of rotatable bonds is 9. The molecule has 0 N–H and O–H groups in total. The molecule has 1 rings (SSSR count). The first kappa shape index (κ1) is 13.8. The van der Waals surface area contributed by atoms with Crippen LogP contribution in [0.3, 0.4) is 0 Å². The minimum absolute atomic E-state index is 0.736. The van der Waals surface area contributed by atoms with Crippen LogP contribution in [0.15, 0.2) is 30.8 Å². The highest BCUT2D eigenvalue weighted by Gasteiger charge is 1.98. The summed E-state index contributed by atoms with van der Waals surface area (Å²) in [7, 11) is 0. The molecule has 17 heavy (non-hydrogen) atoms. The summed E-state index contributed by atoms with van der Waals surface area (Å²) in [6, 6.07) is 7.95. The zero-order valence-corrected chi connectivity index (χ0v) is 10.7. The first-order valence-corrected chi connectivity index (χ1v) is 6.30. The fourth-order valence-corrected chi connectivity index (χ4v) is 1.52. The van der Waals surface area contributed by atoms with Gasteiger partial charge in [0, 0.05) is 18.8 Å². The minimum Gasteiger partial charge on any atom is -0.493 e. The molecular weight excluding hydrogens is 212 g/mol. The molecule has 0 unspecified atom stereocenters. The predicted octanol–water partition coefficient (Wildman–Crippen LogP) is 3.92. The maximum atomic E-state index is 5.71. The molecule has 1 aromatic carbocycles. The Labute approximate surface area is 104 Å². The van der Waals surface area contributed by atoms with Crippen LogP contribution in [0.1, 0.15) is 31.7 Å². The van der Waals surface area contributed by atoms with Gasteiger partial charge in [0.05, 0.1) is 6.61 Å². The van der Waals surface area contributed by atoms with Gasteiger partial charge in [0.2, 0.25) is 0 Å². The van der Waals surface area contributed by atoms with Crippen molar-refractivity contribution in [2.45, 2.75) is 26.2 Å². The molecule has 0 amide bonds. The van der Waals surface area contributed by atoms with Crippen molar-refractivity contribution in [1.82, 2.24) is 0 Å². The molecule has 0 aliphatic rings. The van der Waals surface area contributed by atoms with Crippen molar-refractivity contribution in [3.8, 4) is 5.75 Å². The molecule has 0 atom stereocenters. The SMILES string of the molecule is C=Cc1ccccc1OCCCCOCCC. The quantitative estimate of drug-likeness (QED) is 0.603. The number of ether oxygens (including phenoxy) is 2. The van der Waals surface area contributed by atoms with Gasteiger partial charge in [-0.05, 0) is 25.3 Å². The monoisotopic (exact) mass is 234 g/mol. The molecule has 0 aliphatic heterocycles. The van der Waals surface area contributed by atoms with E-state index in [0.717, 1.165) is 50.4 Å². The Morgan fingerprint density at radius 1 is 1.12 bits per heavy atom. The minimum atomic E-state index is 0.736. The number of unbranched alkanes of at least 4 members (excludes halogenated alkanes) is 1. The third-order valence-electron chi connectivity index (χ3n) is 2.43. The molecular formula is C15H22O2. The van der Waals surface area contributed by atoms with Gasteiger partial charge in [-0.2, -0.15) is 0 Å². The topological polar surface area (TPSA) is 18.5 Å². The van der Waals surface area contributed by atoms with Crippen LogP contribution in [0, 0.1) is 0 Å². The second-order valence-electron chi connectivity index (χ2n) is 3.91. The smallest absolute Gasteiger partial charge is 0.126 e. The van der Waals surface area contributed by atoms with Gasteiger partial charge in [0.1, 0.15) is 5.75 Å². The molecule has 2 heteroatoms. The van der Waals surface area contributed by atoms with E-state index in [1.54, 1.807) is 0 Å². The van der Waals surface area contributed by atoms with Crippen molar-refractivity contribution in [2.75, 3.05) is 19.8 Å². The van der Waals surface area contributed by atoms with Crippen LogP contribution in [0.25, 0.3) is 6.08 Å². The molecule has 2 nitrogen and oxygen atoms in total. The molecule has 0 bridgehead atoms. The van der Waals surface area contributed by atoms with E-state index < -0.39 is 0 Å². The van der Waals surface area contributed by atoms with E-state index in [4.69, 9.17) is 9.47 Å². The van der Waals surface area contributed by atoms with Gasteiger partial charge in [-0.3, -0.25) is 0 Å². The van der Waals surface area contributed by atoms with Crippen LogP contribution in [-0.4, -0.2) is 19.8 Å². The molecule has 0 radical (unpaired) electrons. The highest BCUT2D eigenvalue weighted by atomic mass is 16.5. The maximum absolute atomic E-state index is 5.71. The second kappa shape index (κ2) is 8.82. The highest BCUT2D eigenvalue weighted by Crippen LogP contribution is 2.18. The summed E-state index contributed by atoms with van der Waals surface area (Å²) in [5, 5.41) is 0. The molecule has 0 saturated heterocycles. The molecule has 0 aromatic heterocycles. The third kappa shape index (κ3) is 5.55. The van der Waals surface area contributed by atoms with E-state index in [1.165, 1.54) is 0 Å². The number of hydrogen-bond acceptors (Lipinski definition) is 2. The zero-order valence-electron chi connectivity index (χ0n) is 10.7. The highest BCUT2D eigenvalue weighted by molar-refractivity contribution is 5.55. The molecule has 0 heterocycles. The van der Waals surface area contributed by atoms with Crippen LogP contribution in [0.2, 0.25) is 0 Å².